The molecular formula is C15H17N3O2S. The number of rotatable bonds is 6. The molecule has 3 N–H and O–H groups in total. The summed E-state index contributed by atoms with van der Waals surface area (Å²) in [5.41, 5.74) is 1.32. The van der Waals surface area contributed by atoms with E-state index in [-0.39, 0.29) is 18.4 Å². The zero-order valence-corrected chi connectivity index (χ0v) is 12.3. The van der Waals surface area contributed by atoms with Crippen LogP contribution in [0, 0.1) is 10.6 Å². The molecule has 21 heavy (non-hydrogen) atoms. The van der Waals surface area contributed by atoms with Crippen molar-refractivity contribution in [3.8, 4) is 0 Å². The summed E-state index contributed by atoms with van der Waals surface area (Å²) < 4.78 is 0.403. The summed E-state index contributed by atoms with van der Waals surface area (Å²) in [6, 6.07) is 9.04. The van der Waals surface area contributed by atoms with E-state index in [9.17, 15) is 9.90 Å². The first-order valence-corrected chi connectivity index (χ1v) is 7.08. The minimum atomic E-state index is -0.240. The number of nitrogens with zero attached hydrogens (tertiary/aromatic N) is 1. The van der Waals surface area contributed by atoms with Gasteiger partial charge in [-0.1, -0.05) is 18.3 Å². The summed E-state index contributed by atoms with van der Waals surface area (Å²) in [6.07, 6.45) is 4.00. The van der Waals surface area contributed by atoms with Gasteiger partial charge in [0.15, 0.2) is 0 Å². The molecule has 0 fully saturated rings. The Labute approximate surface area is 128 Å². The first kappa shape index (κ1) is 15.3. The van der Waals surface area contributed by atoms with Crippen LogP contribution in [0.3, 0.4) is 0 Å². The molecule has 1 atom stereocenters. The first-order chi connectivity index (χ1) is 10.2. The van der Waals surface area contributed by atoms with Gasteiger partial charge in [-0.05, 0) is 30.7 Å². The van der Waals surface area contributed by atoms with Crippen LogP contribution in [0.4, 0.5) is 0 Å². The second kappa shape index (κ2) is 7.66. The molecule has 2 rings (SSSR count). The maximum atomic E-state index is 12.0. The summed E-state index contributed by atoms with van der Waals surface area (Å²) in [7, 11) is 0. The van der Waals surface area contributed by atoms with E-state index in [0.717, 1.165) is 5.69 Å². The predicted molar refractivity (Wildman–Crippen MR) is 82.5 cm³/mol. The molecule has 0 bridgehead atoms. The lowest BCUT2D eigenvalue weighted by atomic mass is 10.0. The summed E-state index contributed by atoms with van der Waals surface area (Å²) in [4.78, 5) is 19.1. The van der Waals surface area contributed by atoms with Crippen LogP contribution in [-0.4, -0.2) is 34.1 Å². The molecule has 2 aromatic heterocycles. The summed E-state index contributed by atoms with van der Waals surface area (Å²) in [6.45, 7) is 0.355. The van der Waals surface area contributed by atoms with Crippen molar-refractivity contribution in [1.29, 1.82) is 0 Å². The van der Waals surface area contributed by atoms with Crippen molar-refractivity contribution in [2.24, 2.45) is 5.92 Å². The smallest absolute Gasteiger partial charge is 0.254 e. The Morgan fingerprint density at radius 2 is 2.24 bits per heavy atom. The highest BCUT2D eigenvalue weighted by atomic mass is 32.1. The third kappa shape index (κ3) is 4.47. The Morgan fingerprint density at radius 3 is 2.90 bits per heavy atom. The zero-order valence-electron chi connectivity index (χ0n) is 11.5. The van der Waals surface area contributed by atoms with E-state index < -0.39 is 0 Å². The van der Waals surface area contributed by atoms with E-state index in [2.05, 4.69) is 15.3 Å². The molecule has 0 aliphatic heterocycles. The Balaban J connectivity index is 1.93. The highest BCUT2D eigenvalue weighted by molar-refractivity contribution is 7.71. The molecule has 1 amide bonds. The Bertz CT molecular complexity index is 643. The van der Waals surface area contributed by atoms with Gasteiger partial charge in [0.1, 0.15) is 4.64 Å². The predicted octanol–water partition coefficient (Wildman–Crippen LogP) is 1.72. The second-order valence-corrected chi connectivity index (χ2v) is 5.10. The molecule has 0 radical (unpaired) electrons. The van der Waals surface area contributed by atoms with Crippen LogP contribution < -0.4 is 5.32 Å². The van der Waals surface area contributed by atoms with Gasteiger partial charge in [0.25, 0.3) is 5.91 Å². The van der Waals surface area contributed by atoms with Crippen molar-refractivity contribution in [3.63, 3.8) is 0 Å². The molecule has 110 valence electrons. The number of aliphatic hydroxyl groups is 1. The molecule has 0 spiro atoms. The lowest BCUT2D eigenvalue weighted by Gasteiger charge is -2.14. The highest BCUT2D eigenvalue weighted by Gasteiger charge is 2.13. The van der Waals surface area contributed by atoms with Crippen LogP contribution in [0.5, 0.6) is 0 Å². The van der Waals surface area contributed by atoms with Gasteiger partial charge in [-0.25, -0.2) is 0 Å². The fourth-order valence-electron chi connectivity index (χ4n) is 1.95. The standard InChI is InChI=1S/C15H17N3O2S/c19-10-11(8-12-4-1-2-6-16-12)9-18-14(20)13-5-3-7-17-15(13)21/h1-7,11,19H,8-10H2,(H,17,21)(H,18,20)/t11-/m1/s1. The number of pyridine rings is 2. The molecule has 0 aromatic carbocycles. The number of aliphatic hydroxyl groups excluding tert-OH is 1. The van der Waals surface area contributed by atoms with E-state index in [0.29, 0.717) is 23.2 Å². The number of amides is 1. The lowest BCUT2D eigenvalue weighted by molar-refractivity contribution is 0.0939. The molecule has 2 heterocycles. The Kier molecular flexibility index (Phi) is 5.59. The summed E-state index contributed by atoms with van der Waals surface area (Å²) in [5.74, 6) is -0.318. The third-order valence-corrected chi connectivity index (χ3v) is 3.43. The maximum Gasteiger partial charge on any atom is 0.254 e. The van der Waals surface area contributed by atoms with Crippen LogP contribution in [0.2, 0.25) is 0 Å². The molecule has 0 saturated carbocycles. The SMILES string of the molecule is O=C(NC[C@H](CO)Cc1ccccn1)c1ccc[nH]c1=S. The van der Waals surface area contributed by atoms with Gasteiger partial charge in [0.05, 0.1) is 5.56 Å². The number of aromatic nitrogens is 2. The van der Waals surface area contributed by atoms with Crippen molar-refractivity contribution in [2.75, 3.05) is 13.2 Å². The van der Waals surface area contributed by atoms with E-state index in [1.807, 2.05) is 18.2 Å². The average Bonchev–Trinajstić information content (AvgIpc) is 2.52. The fourth-order valence-corrected chi connectivity index (χ4v) is 2.18. The van der Waals surface area contributed by atoms with Crippen LogP contribution >= 0.6 is 12.2 Å². The Morgan fingerprint density at radius 1 is 1.38 bits per heavy atom. The monoisotopic (exact) mass is 303 g/mol. The van der Waals surface area contributed by atoms with Crippen molar-refractivity contribution >= 4 is 18.1 Å². The van der Waals surface area contributed by atoms with Gasteiger partial charge < -0.3 is 15.4 Å². The molecular weight excluding hydrogens is 286 g/mol. The van der Waals surface area contributed by atoms with Gasteiger partial charge in [0.2, 0.25) is 0 Å². The largest absolute Gasteiger partial charge is 0.396 e. The minimum absolute atomic E-state index is 0.0154. The number of aromatic amines is 1. The molecule has 6 heteroatoms. The van der Waals surface area contributed by atoms with Crippen LogP contribution in [0.15, 0.2) is 42.7 Å². The lowest BCUT2D eigenvalue weighted by Crippen LogP contribution is -2.32. The third-order valence-electron chi connectivity index (χ3n) is 3.10. The number of nitrogens with one attached hydrogen (secondary N) is 2. The Hall–Kier alpha value is -2.05. The highest BCUT2D eigenvalue weighted by Crippen LogP contribution is 2.06. The maximum absolute atomic E-state index is 12.0. The van der Waals surface area contributed by atoms with Gasteiger partial charge >= 0.3 is 0 Å². The summed E-state index contributed by atoms with van der Waals surface area (Å²) >= 11 is 5.07. The van der Waals surface area contributed by atoms with E-state index >= 15 is 0 Å². The fraction of sp³-hybridized carbons (Fsp3) is 0.267. The summed E-state index contributed by atoms with van der Waals surface area (Å²) in [5, 5.41) is 12.2. The topological polar surface area (TPSA) is 78.0 Å². The number of H-pyrrole nitrogens is 1. The number of hydrogen-bond acceptors (Lipinski definition) is 4. The van der Waals surface area contributed by atoms with Gasteiger partial charge in [-0.2, -0.15) is 0 Å². The van der Waals surface area contributed by atoms with Crippen molar-refractivity contribution in [1.82, 2.24) is 15.3 Å². The van der Waals surface area contributed by atoms with Gasteiger partial charge in [-0.15, -0.1) is 0 Å². The average molecular weight is 303 g/mol. The normalized spacial score (nSPS) is 11.9. The quantitative estimate of drug-likeness (QED) is 0.710. The molecule has 0 aliphatic carbocycles. The van der Waals surface area contributed by atoms with Gasteiger partial charge in [0, 0.05) is 37.2 Å². The zero-order chi connectivity index (χ0) is 15.1. The number of hydrogen-bond donors (Lipinski definition) is 3. The van der Waals surface area contributed by atoms with Crippen molar-refractivity contribution in [3.05, 3.63) is 58.6 Å². The van der Waals surface area contributed by atoms with E-state index in [1.165, 1.54) is 0 Å². The van der Waals surface area contributed by atoms with Crippen LogP contribution in [0.25, 0.3) is 0 Å². The number of carbonyl (C=O) groups excluding carboxylic acids is 1. The van der Waals surface area contributed by atoms with Crippen LogP contribution in [0.1, 0.15) is 16.1 Å². The molecule has 0 unspecified atom stereocenters. The van der Waals surface area contributed by atoms with Crippen molar-refractivity contribution < 1.29 is 9.90 Å². The molecule has 0 aliphatic rings. The minimum Gasteiger partial charge on any atom is -0.396 e. The second-order valence-electron chi connectivity index (χ2n) is 4.70. The molecule has 0 saturated heterocycles. The molecule has 5 nitrogen and oxygen atoms in total. The van der Waals surface area contributed by atoms with E-state index in [1.54, 1.807) is 24.5 Å². The van der Waals surface area contributed by atoms with Gasteiger partial charge in [-0.3, -0.25) is 9.78 Å². The van der Waals surface area contributed by atoms with Crippen LogP contribution in [-0.2, 0) is 6.42 Å². The van der Waals surface area contributed by atoms with Crippen molar-refractivity contribution in [2.45, 2.75) is 6.42 Å². The first-order valence-electron chi connectivity index (χ1n) is 6.67. The number of carbonyl (C=O) groups is 1. The van der Waals surface area contributed by atoms with E-state index in [4.69, 9.17) is 12.2 Å². The molecule has 2 aromatic rings.